The minimum atomic E-state index is 0.226. The quantitative estimate of drug-likeness (QED) is 0.649. The zero-order valence-electron chi connectivity index (χ0n) is 16.2. The van der Waals surface area contributed by atoms with Crippen LogP contribution in [0.4, 0.5) is 11.6 Å². The Kier molecular flexibility index (Phi) is 5.56. The second-order valence-electron chi connectivity index (χ2n) is 6.90. The maximum absolute atomic E-state index is 8.83. The van der Waals surface area contributed by atoms with Gasteiger partial charge in [-0.05, 0) is 37.8 Å². The molecule has 1 saturated carbocycles. The fourth-order valence-corrected chi connectivity index (χ4v) is 3.50. The molecule has 1 aliphatic carbocycles. The van der Waals surface area contributed by atoms with Gasteiger partial charge in [-0.25, -0.2) is 9.97 Å². The molecule has 1 aliphatic rings. The van der Waals surface area contributed by atoms with E-state index in [0.29, 0.717) is 17.4 Å². The molecule has 8 heteroatoms. The average Bonchev–Trinajstić information content (AvgIpc) is 3.22. The van der Waals surface area contributed by atoms with Crippen LogP contribution in [0, 0.1) is 11.3 Å². The highest BCUT2D eigenvalue weighted by Crippen LogP contribution is 2.39. The number of H-pyrrole nitrogens is 1. The molecule has 4 rings (SSSR count). The summed E-state index contributed by atoms with van der Waals surface area (Å²) >= 11 is 0. The van der Waals surface area contributed by atoms with Crippen LogP contribution in [-0.2, 0) is 0 Å². The zero-order chi connectivity index (χ0) is 20.1. The first-order chi connectivity index (χ1) is 14.3. The van der Waals surface area contributed by atoms with Gasteiger partial charge in [0.15, 0.2) is 11.5 Å². The molecule has 0 saturated heterocycles. The van der Waals surface area contributed by atoms with Gasteiger partial charge in [-0.3, -0.25) is 5.10 Å². The van der Waals surface area contributed by atoms with Crippen LogP contribution in [0.1, 0.15) is 37.8 Å². The fraction of sp³-hybridized carbons (Fsp3) is 0.333. The zero-order valence-corrected chi connectivity index (χ0v) is 16.2. The van der Waals surface area contributed by atoms with Gasteiger partial charge in [0.2, 0.25) is 0 Å². The highest BCUT2D eigenvalue weighted by atomic mass is 16.5. The van der Waals surface area contributed by atoms with Gasteiger partial charge >= 0.3 is 0 Å². The van der Waals surface area contributed by atoms with Crippen molar-refractivity contribution >= 4 is 11.6 Å². The van der Waals surface area contributed by atoms with Gasteiger partial charge in [-0.2, -0.15) is 10.4 Å². The Hall–Kier alpha value is -3.60. The van der Waals surface area contributed by atoms with Crippen LogP contribution in [0.25, 0.3) is 11.3 Å². The SMILES string of the molecule is COc1cccc(OC2CCCCC2)c1-c1cc(Nc2cnc(C#N)cn2)n[nH]1. The highest BCUT2D eigenvalue weighted by molar-refractivity contribution is 5.76. The van der Waals surface area contributed by atoms with E-state index in [1.807, 2.05) is 30.3 Å². The Bertz CT molecular complexity index is 1000. The molecule has 0 atom stereocenters. The Morgan fingerprint density at radius 2 is 1.93 bits per heavy atom. The molecule has 0 bridgehead atoms. The lowest BCUT2D eigenvalue weighted by Gasteiger charge is -2.24. The number of ether oxygens (including phenoxy) is 2. The molecule has 8 nitrogen and oxygen atoms in total. The number of hydrogen-bond donors (Lipinski definition) is 2. The molecule has 148 valence electrons. The summed E-state index contributed by atoms with van der Waals surface area (Å²) < 4.78 is 11.9. The van der Waals surface area contributed by atoms with Crippen LogP contribution >= 0.6 is 0 Å². The molecule has 0 aliphatic heterocycles. The largest absolute Gasteiger partial charge is 0.496 e. The lowest BCUT2D eigenvalue weighted by atomic mass is 9.97. The lowest BCUT2D eigenvalue weighted by Crippen LogP contribution is -2.20. The van der Waals surface area contributed by atoms with Crippen molar-refractivity contribution in [3.8, 4) is 28.8 Å². The number of benzene rings is 1. The van der Waals surface area contributed by atoms with Gasteiger partial charge in [0.05, 0.1) is 36.9 Å². The van der Waals surface area contributed by atoms with Gasteiger partial charge in [-0.15, -0.1) is 0 Å². The molecule has 0 unspecified atom stereocenters. The number of nitrogens with zero attached hydrogens (tertiary/aromatic N) is 4. The van der Waals surface area contributed by atoms with E-state index in [0.717, 1.165) is 29.8 Å². The number of aromatic amines is 1. The fourth-order valence-electron chi connectivity index (χ4n) is 3.50. The summed E-state index contributed by atoms with van der Waals surface area (Å²) in [6.45, 7) is 0. The highest BCUT2D eigenvalue weighted by Gasteiger charge is 2.20. The van der Waals surface area contributed by atoms with E-state index in [1.165, 1.54) is 31.7 Å². The van der Waals surface area contributed by atoms with Crippen LogP contribution < -0.4 is 14.8 Å². The Balaban J connectivity index is 1.59. The van der Waals surface area contributed by atoms with E-state index in [-0.39, 0.29) is 11.8 Å². The number of aromatic nitrogens is 4. The summed E-state index contributed by atoms with van der Waals surface area (Å²) in [5, 5.41) is 19.3. The standard InChI is InChI=1S/C21H22N6O2/c1-28-17-8-5-9-18(29-15-6-3-2-4-7-15)21(17)16-10-19(27-26-16)25-20-13-23-14(11-22)12-24-20/h5,8-10,12-13,15H,2-4,6-7H2,1H3,(H2,24,25,26,27). The summed E-state index contributed by atoms with van der Waals surface area (Å²) in [7, 11) is 1.64. The van der Waals surface area contributed by atoms with Crippen molar-refractivity contribution < 1.29 is 9.47 Å². The molecule has 29 heavy (non-hydrogen) atoms. The molecule has 0 radical (unpaired) electrons. The molecular formula is C21H22N6O2. The van der Waals surface area contributed by atoms with Crippen LogP contribution in [-0.4, -0.2) is 33.4 Å². The summed E-state index contributed by atoms with van der Waals surface area (Å²) in [6, 6.07) is 9.61. The van der Waals surface area contributed by atoms with Gasteiger partial charge < -0.3 is 14.8 Å². The van der Waals surface area contributed by atoms with Crippen molar-refractivity contribution in [2.75, 3.05) is 12.4 Å². The predicted molar refractivity (Wildman–Crippen MR) is 108 cm³/mol. The molecule has 3 aromatic rings. The number of methoxy groups -OCH3 is 1. The molecule has 0 amide bonds. The first kappa shape index (κ1) is 18.7. The molecule has 1 aromatic carbocycles. The maximum atomic E-state index is 8.83. The van der Waals surface area contributed by atoms with E-state index < -0.39 is 0 Å². The molecule has 2 aromatic heterocycles. The van der Waals surface area contributed by atoms with Crippen LogP contribution in [0.2, 0.25) is 0 Å². The van der Waals surface area contributed by atoms with Crippen molar-refractivity contribution in [3.63, 3.8) is 0 Å². The van der Waals surface area contributed by atoms with Crippen molar-refractivity contribution in [1.29, 1.82) is 5.26 Å². The van der Waals surface area contributed by atoms with Crippen LogP contribution in [0.15, 0.2) is 36.7 Å². The second-order valence-corrected chi connectivity index (χ2v) is 6.90. The van der Waals surface area contributed by atoms with E-state index in [4.69, 9.17) is 14.7 Å². The molecule has 0 spiro atoms. The third-order valence-corrected chi connectivity index (χ3v) is 4.92. The Labute approximate surface area is 168 Å². The van der Waals surface area contributed by atoms with Gasteiger partial charge in [0.1, 0.15) is 23.4 Å². The molecule has 2 N–H and O–H groups in total. The van der Waals surface area contributed by atoms with Crippen molar-refractivity contribution in [1.82, 2.24) is 20.2 Å². The van der Waals surface area contributed by atoms with E-state index in [1.54, 1.807) is 7.11 Å². The predicted octanol–water partition coefficient (Wildman–Crippen LogP) is 4.20. The van der Waals surface area contributed by atoms with Crippen molar-refractivity contribution in [3.05, 3.63) is 42.4 Å². The molecule has 2 heterocycles. The van der Waals surface area contributed by atoms with Crippen molar-refractivity contribution in [2.24, 2.45) is 0 Å². The van der Waals surface area contributed by atoms with Crippen LogP contribution in [0.3, 0.4) is 0 Å². The monoisotopic (exact) mass is 390 g/mol. The number of anilines is 2. The van der Waals surface area contributed by atoms with Crippen LogP contribution in [0.5, 0.6) is 11.5 Å². The van der Waals surface area contributed by atoms with Gasteiger partial charge in [0.25, 0.3) is 0 Å². The summed E-state index contributed by atoms with van der Waals surface area (Å²) in [4.78, 5) is 8.16. The van der Waals surface area contributed by atoms with Gasteiger partial charge in [-0.1, -0.05) is 12.5 Å². The topological polar surface area (TPSA) is 109 Å². The third kappa shape index (κ3) is 4.29. The minimum absolute atomic E-state index is 0.226. The first-order valence-corrected chi connectivity index (χ1v) is 9.65. The summed E-state index contributed by atoms with van der Waals surface area (Å²) in [5.41, 5.74) is 1.88. The summed E-state index contributed by atoms with van der Waals surface area (Å²) in [5.74, 6) is 2.57. The first-order valence-electron chi connectivity index (χ1n) is 9.65. The smallest absolute Gasteiger partial charge is 0.158 e. The number of nitrogens with one attached hydrogen (secondary N) is 2. The second kappa shape index (κ2) is 8.61. The number of hydrogen-bond acceptors (Lipinski definition) is 7. The number of nitriles is 1. The van der Waals surface area contributed by atoms with Gasteiger partial charge in [0, 0.05) is 6.07 Å². The lowest BCUT2D eigenvalue weighted by molar-refractivity contribution is 0.155. The Morgan fingerprint density at radius 3 is 2.66 bits per heavy atom. The maximum Gasteiger partial charge on any atom is 0.158 e. The summed E-state index contributed by atoms with van der Waals surface area (Å²) in [6.07, 6.45) is 8.96. The molecular weight excluding hydrogens is 368 g/mol. The molecule has 1 fully saturated rings. The third-order valence-electron chi connectivity index (χ3n) is 4.92. The van der Waals surface area contributed by atoms with E-state index in [9.17, 15) is 0 Å². The van der Waals surface area contributed by atoms with Crippen molar-refractivity contribution in [2.45, 2.75) is 38.2 Å². The van der Waals surface area contributed by atoms with E-state index >= 15 is 0 Å². The minimum Gasteiger partial charge on any atom is -0.496 e. The normalized spacial score (nSPS) is 14.2. The Morgan fingerprint density at radius 1 is 1.10 bits per heavy atom. The number of rotatable bonds is 6. The van der Waals surface area contributed by atoms with E-state index in [2.05, 4.69) is 25.5 Å². The average molecular weight is 390 g/mol.